The molecule has 30 heavy (non-hydrogen) atoms. The molecule has 0 saturated carbocycles. The lowest BCUT2D eigenvalue weighted by molar-refractivity contribution is 0.600. The van der Waals surface area contributed by atoms with Gasteiger partial charge in [-0.3, -0.25) is 4.72 Å². The Bertz CT molecular complexity index is 1280. The van der Waals surface area contributed by atoms with E-state index in [1.165, 1.54) is 0 Å². The molecule has 0 saturated heterocycles. The Hall–Kier alpha value is -3.12. The van der Waals surface area contributed by atoms with Crippen LogP contribution in [0.25, 0.3) is 11.0 Å². The van der Waals surface area contributed by atoms with Crippen LogP contribution < -0.4 is 4.72 Å². The summed E-state index contributed by atoms with van der Waals surface area (Å²) >= 11 is 0. The van der Waals surface area contributed by atoms with Gasteiger partial charge >= 0.3 is 0 Å². The van der Waals surface area contributed by atoms with Gasteiger partial charge in [0, 0.05) is 19.2 Å². The molecule has 0 aliphatic rings. The van der Waals surface area contributed by atoms with E-state index in [1.807, 2.05) is 68.6 Å². The van der Waals surface area contributed by atoms with Crippen molar-refractivity contribution in [2.45, 2.75) is 31.1 Å². The zero-order valence-electron chi connectivity index (χ0n) is 17.2. The van der Waals surface area contributed by atoms with Gasteiger partial charge in [-0.25, -0.2) is 13.4 Å². The van der Waals surface area contributed by atoms with Crippen LogP contribution in [0.5, 0.6) is 0 Å². The summed E-state index contributed by atoms with van der Waals surface area (Å²) in [4.78, 5) is 5.05. The molecule has 1 heterocycles. The summed E-state index contributed by atoms with van der Waals surface area (Å²) in [5, 5.41) is 0. The summed E-state index contributed by atoms with van der Waals surface area (Å²) in [6.07, 6.45) is 2.32. The molecule has 4 aromatic rings. The summed E-state index contributed by atoms with van der Waals surface area (Å²) in [5.74, 6) is 1.04. The molecule has 1 N–H and O–H groups in total. The largest absolute Gasteiger partial charge is 0.331 e. The Balaban J connectivity index is 1.45. The van der Waals surface area contributed by atoms with Crippen LogP contribution >= 0.6 is 0 Å². The van der Waals surface area contributed by atoms with E-state index < -0.39 is 10.0 Å². The lowest BCUT2D eigenvalue weighted by atomic mass is 10.1. The molecule has 0 aliphatic heterocycles. The van der Waals surface area contributed by atoms with E-state index in [-0.39, 0.29) is 0 Å². The van der Waals surface area contributed by atoms with E-state index in [1.54, 1.807) is 12.1 Å². The van der Waals surface area contributed by atoms with Crippen molar-refractivity contribution in [3.8, 4) is 0 Å². The molecule has 4 rings (SSSR count). The van der Waals surface area contributed by atoms with Crippen LogP contribution in [-0.2, 0) is 36.3 Å². The van der Waals surface area contributed by atoms with Crippen molar-refractivity contribution < 1.29 is 8.42 Å². The smallest absolute Gasteiger partial charge is 0.262 e. The highest BCUT2D eigenvalue weighted by atomic mass is 32.2. The monoisotopic (exact) mass is 419 g/mol. The number of sulfonamides is 1. The Kier molecular flexibility index (Phi) is 5.59. The summed E-state index contributed by atoms with van der Waals surface area (Å²) in [7, 11) is -1.57. The second kappa shape index (κ2) is 8.32. The maximum absolute atomic E-state index is 12.8. The quantitative estimate of drug-likeness (QED) is 0.471. The van der Waals surface area contributed by atoms with Crippen LogP contribution in [0.3, 0.4) is 0 Å². The van der Waals surface area contributed by atoms with Crippen molar-refractivity contribution in [1.82, 2.24) is 9.55 Å². The van der Waals surface area contributed by atoms with Crippen LogP contribution in [0.2, 0.25) is 0 Å². The van der Waals surface area contributed by atoms with Crippen molar-refractivity contribution in [3.05, 3.63) is 89.7 Å². The summed E-state index contributed by atoms with van der Waals surface area (Å²) in [5.41, 5.74) is 4.65. The van der Waals surface area contributed by atoms with Crippen molar-refractivity contribution in [2.24, 2.45) is 7.05 Å². The van der Waals surface area contributed by atoms with Crippen LogP contribution in [0.15, 0.2) is 77.7 Å². The van der Waals surface area contributed by atoms with Crippen molar-refractivity contribution >= 4 is 26.7 Å². The minimum absolute atomic E-state index is 0.332. The third-order valence-corrected chi connectivity index (χ3v) is 6.85. The highest BCUT2D eigenvalue weighted by Gasteiger charge is 2.17. The number of para-hydroxylation sites is 2. The molecule has 0 fully saturated rings. The predicted octanol–water partition coefficient (Wildman–Crippen LogP) is 4.72. The molecule has 0 atom stereocenters. The summed E-state index contributed by atoms with van der Waals surface area (Å²) in [6, 6.07) is 22.8. The highest BCUT2D eigenvalue weighted by Crippen LogP contribution is 2.21. The maximum Gasteiger partial charge on any atom is 0.262 e. The Morgan fingerprint density at radius 1 is 0.900 bits per heavy atom. The molecule has 0 aliphatic carbocycles. The summed E-state index contributed by atoms with van der Waals surface area (Å²) in [6.45, 7) is 1.95. The first-order valence-corrected chi connectivity index (χ1v) is 11.6. The van der Waals surface area contributed by atoms with E-state index in [9.17, 15) is 8.42 Å². The molecular weight excluding hydrogens is 394 g/mol. The van der Waals surface area contributed by atoms with Crippen LogP contribution in [0, 0.1) is 0 Å². The third kappa shape index (κ3) is 4.09. The molecule has 3 aromatic carbocycles. The number of nitrogens with one attached hydrogen (secondary N) is 1. The number of imidazole rings is 1. The van der Waals surface area contributed by atoms with Crippen molar-refractivity contribution in [3.63, 3.8) is 0 Å². The van der Waals surface area contributed by atoms with E-state index in [0.29, 0.717) is 17.0 Å². The van der Waals surface area contributed by atoms with Crippen LogP contribution in [0.4, 0.5) is 5.69 Å². The molecule has 0 unspecified atom stereocenters. The molecule has 0 amide bonds. The van der Waals surface area contributed by atoms with E-state index in [4.69, 9.17) is 4.98 Å². The van der Waals surface area contributed by atoms with Gasteiger partial charge in [-0.1, -0.05) is 49.4 Å². The average Bonchev–Trinajstić information content (AvgIpc) is 3.09. The molecule has 154 valence electrons. The lowest BCUT2D eigenvalue weighted by Crippen LogP contribution is -2.14. The van der Waals surface area contributed by atoms with Crippen LogP contribution in [-0.4, -0.2) is 18.0 Å². The average molecular weight is 420 g/mol. The SMILES string of the molecule is CCc1ccccc1S(=O)(=O)Nc1ccc(CCc2nc3ccccc3n2C)cc1. The Morgan fingerprint density at radius 2 is 1.60 bits per heavy atom. The van der Waals surface area contributed by atoms with E-state index >= 15 is 0 Å². The second-order valence-electron chi connectivity index (χ2n) is 7.34. The number of aromatic nitrogens is 2. The first kappa shape index (κ1) is 20.2. The summed E-state index contributed by atoms with van der Waals surface area (Å²) < 4.78 is 30.4. The van der Waals surface area contributed by atoms with Gasteiger partial charge in [0.1, 0.15) is 5.82 Å². The number of aryl methyl sites for hydroxylation is 4. The van der Waals surface area contributed by atoms with Gasteiger partial charge < -0.3 is 4.57 Å². The van der Waals surface area contributed by atoms with Crippen molar-refractivity contribution in [1.29, 1.82) is 0 Å². The maximum atomic E-state index is 12.8. The third-order valence-electron chi connectivity index (χ3n) is 5.37. The molecule has 5 nitrogen and oxygen atoms in total. The molecular formula is C24H25N3O2S. The zero-order valence-corrected chi connectivity index (χ0v) is 18.0. The number of rotatable bonds is 7. The van der Waals surface area contributed by atoms with Gasteiger partial charge in [0.2, 0.25) is 0 Å². The lowest BCUT2D eigenvalue weighted by Gasteiger charge is -2.12. The van der Waals surface area contributed by atoms with E-state index in [2.05, 4.69) is 15.4 Å². The topological polar surface area (TPSA) is 64.0 Å². The fourth-order valence-electron chi connectivity index (χ4n) is 3.68. The second-order valence-corrected chi connectivity index (χ2v) is 8.99. The minimum Gasteiger partial charge on any atom is -0.331 e. The van der Waals surface area contributed by atoms with Gasteiger partial charge in [0.25, 0.3) is 10.0 Å². The van der Waals surface area contributed by atoms with Gasteiger partial charge in [-0.2, -0.15) is 0 Å². The first-order valence-electron chi connectivity index (χ1n) is 10.1. The Morgan fingerprint density at radius 3 is 2.33 bits per heavy atom. The van der Waals surface area contributed by atoms with Gasteiger partial charge in [0.15, 0.2) is 0 Å². The first-order chi connectivity index (χ1) is 14.5. The van der Waals surface area contributed by atoms with Gasteiger partial charge in [-0.05, 0) is 54.3 Å². The fourth-order valence-corrected chi connectivity index (χ4v) is 5.05. The van der Waals surface area contributed by atoms with Crippen molar-refractivity contribution in [2.75, 3.05) is 4.72 Å². The van der Waals surface area contributed by atoms with Gasteiger partial charge in [0.05, 0.1) is 15.9 Å². The number of hydrogen-bond acceptors (Lipinski definition) is 3. The molecule has 0 radical (unpaired) electrons. The molecule has 6 heteroatoms. The van der Waals surface area contributed by atoms with E-state index in [0.717, 1.165) is 40.8 Å². The zero-order chi connectivity index (χ0) is 21.1. The molecule has 0 bridgehead atoms. The standard InChI is InChI=1S/C24H25N3O2S/c1-3-19-8-4-7-11-23(19)30(28,29)26-20-15-12-18(13-16-20)14-17-24-25-21-9-5-6-10-22(21)27(24)2/h4-13,15-16,26H,3,14,17H2,1-2H3. The van der Waals surface area contributed by atoms with Gasteiger partial charge in [-0.15, -0.1) is 0 Å². The number of anilines is 1. The number of fused-ring (bicyclic) bond motifs is 1. The van der Waals surface area contributed by atoms with Crippen LogP contribution in [0.1, 0.15) is 23.9 Å². The predicted molar refractivity (Wildman–Crippen MR) is 121 cm³/mol. The minimum atomic E-state index is -3.61. The highest BCUT2D eigenvalue weighted by molar-refractivity contribution is 7.92. The molecule has 0 spiro atoms. The normalized spacial score (nSPS) is 11.7. The fraction of sp³-hybridized carbons (Fsp3) is 0.208. The molecule has 1 aromatic heterocycles. The number of benzene rings is 3. The number of hydrogen-bond donors (Lipinski definition) is 1. The number of nitrogens with zero attached hydrogens (tertiary/aromatic N) is 2. The Labute approximate surface area is 177 Å².